The van der Waals surface area contributed by atoms with Gasteiger partial charge in [0.05, 0.1) is 11.6 Å². The molecular formula is C23H28N2O3. The lowest BCUT2D eigenvalue weighted by Gasteiger charge is -2.25. The first-order valence-corrected chi connectivity index (χ1v) is 10.0. The van der Waals surface area contributed by atoms with Crippen molar-refractivity contribution in [2.45, 2.75) is 33.1 Å². The first-order chi connectivity index (χ1) is 13.6. The summed E-state index contributed by atoms with van der Waals surface area (Å²) in [6.45, 7) is 6.02. The predicted molar refractivity (Wildman–Crippen MR) is 111 cm³/mol. The van der Waals surface area contributed by atoms with Gasteiger partial charge in [0.25, 0.3) is 0 Å². The Morgan fingerprint density at radius 3 is 2.36 bits per heavy atom. The molecule has 1 fully saturated rings. The molecule has 1 aliphatic heterocycles. The van der Waals surface area contributed by atoms with Crippen LogP contribution in [-0.4, -0.2) is 36.3 Å². The largest absolute Gasteiger partial charge is 0.455 e. The molecule has 0 spiro atoms. The average Bonchev–Trinajstić information content (AvgIpc) is 3.10. The van der Waals surface area contributed by atoms with Gasteiger partial charge in [0.15, 0.2) is 5.75 Å². The highest BCUT2D eigenvalue weighted by Crippen LogP contribution is 2.36. The van der Waals surface area contributed by atoms with Crippen LogP contribution < -0.4 is 9.64 Å². The third-order valence-electron chi connectivity index (χ3n) is 4.90. The molecular weight excluding hydrogens is 352 g/mol. The third kappa shape index (κ3) is 4.53. The summed E-state index contributed by atoms with van der Waals surface area (Å²) >= 11 is 0. The minimum Gasteiger partial charge on any atom is -0.455 e. The lowest BCUT2D eigenvalue weighted by Crippen LogP contribution is -2.38. The molecule has 0 aromatic heterocycles. The van der Waals surface area contributed by atoms with Crippen molar-refractivity contribution in [3.8, 4) is 11.5 Å². The summed E-state index contributed by atoms with van der Waals surface area (Å²) in [6.07, 6.45) is 2.09. The second kappa shape index (κ2) is 9.40. The van der Waals surface area contributed by atoms with Crippen LogP contribution in [0.4, 0.5) is 5.69 Å². The molecule has 2 aromatic carbocycles. The van der Waals surface area contributed by atoms with Crippen molar-refractivity contribution in [3.63, 3.8) is 0 Å². The Kier molecular flexibility index (Phi) is 6.69. The van der Waals surface area contributed by atoms with E-state index in [1.165, 1.54) is 0 Å². The normalized spacial score (nSPS) is 16.3. The van der Waals surface area contributed by atoms with Gasteiger partial charge in [-0.05, 0) is 37.1 Å². The zero-order valence-corrected chi connectivity index (χ0v) is 16.6. The van der Waals surface area contributed by atoms with E-state index in [4.69, 9.17) is 4.74 Å². The zero-order valence-electron chi connectivity index (χ0n) is 16.6. The molecule has 2 amide bonds. The van der Waals surface area contributed by atoms with E-state index in [9.17, 15) is 9.59 Å². The van der Waals surface area contributed by atoms with E-state index < -0.39 is 0 Å². The molecule has 5 heteroatoms. The second-order valence-electron chi connectivity index (χ2n) is 7.11. The molecule has 1 saturated heterocycles. The molecule has 0 bridgehead atoms. The first kappa shape index (κ1) is 19.9. The van der Waals surface area contributed by atoms with E-state index in [0.29, 0.717) is 23.7 Å². The fourth-order valence-corrected chi connectivity index (χ4v) is 3.62. The van der Waals surface area contributed by atoms with Gasteiger partial charge in [0.1, 0.15) is 5.75 Å². The smallest absolute Gasteiger partial charge is 0.228 e. The summed E-state index contributed by atoms with van der Waals surface area (Å²) < 4.78 is 6.00. The summed E-state index contributed by atoms with van der Waals surface area (Å²) in [7, 11) is 0. The number of carbonyl (C=O) groups is 2. The maximum atomic E-state index is 12.9. The highest BCUT2D eigenvalue weighted by atomic mass is 16.5. The van der Waals surface area contributed by atoms with Gasteiger partial charge in [-0.3, -0.25) is 9.59 Å². The van der Waals surface area contributed by atoms with Crippen molar-refractivity contribution in [2.24, 2.45) is 5.92 Å². The quantitative estimate of drug-likeness (QED) is 0.678. The highest BCUT2D eigenvalue weighted by Gasteiger charge is 2.37. The Morgan fingerprint density at radius 1 is 1.04 bits per heavy atom. The monoisotopic (exact) mass is 380 g/mol. The van der Waals surface area contributed by atoms with E-state index in [1.54, 1.807) is 4.90 Å². The van der Waals surface area contributed by atoms with Crippen molar-refractivity contribution in [1.82, 2.24) is 4.90 Å². The van der Waals surface area contributed by atoms with Crippen LogP contribution in [0.1, 0.15) is 33.1 Å². The van der Waals surface area contributed by atoms with Crippen molar-refractivity contribution >= 4 is 17.5 Å². The Labute approximate surface area is 166 Å². The van der Waals surface area contributed by atoms with Gasteiger partial charge >= 0.3 is 0 Å². The molecule has 28 heavy (non-hydrogen) atoms. The fraction of sp³-hybridized carbons (Fsp3) is 0.391. The lowest BCUT2D eigenvalue weighted by atomic mass is 10.1. The average molecular weight is 380 g/mol. The number of benzene rings is 2. The molecule has 0 N–H and O–H groups in total. The minimum absolute atomic E-state index is 0.0320. The van der Waals surface area contributed by atoms with Gasteiger partial charge in [-0.25, -0.2) is 0 Å². The Balaban J connectivity index is 1.78. The molecule has 0 aliphatic carbocycles. The molecule has 3 rings (SSSR count). The van der Waals surface area contributed by atoms with Crippen LogP contribution in [0.2, 0.25) is 0 Å². The first-order valence-electron chi connectivity index (χ1n) is 10.0. The van der Waals surface area contributed by atoms with E-state index in [1.807, 2.05) is 59.5 Å². The Morgan fingerprint density at radius 2 is 1.68 bits per heavy atom. The number of rotatable bonds is 8. The number of nitrogens with zero attached hydrogens (tertiary/aromatic N) is 2. The second-order valence-corrected chi connectivity index (χ2v) is 7.11. The fourth-order valence-electron chi connectivity index (χ4n) is 3.62. The number of hydrogen-bond donors (Lipinski definition) is 0. The number of ether oxygens (including phenoxy) is 1. The molecule has 1 atom stereocenters. The van der Waals surface area contributed by atoms with Crippen LogP contribution >= 0.6 is 0 Å². The Hall–Kier alpha value is -2.82. The number of carbonyl (C=O) groups excluding carboxylic acids is 2. The topological polar surface area (TPSA) is 49.9 Å². The zero-order chi connectivity index (χ0) is 19.9. The molecule has 148 valence electrons. The van der Waals surface area contributed by atoms with E-state index in [2.05, 4.69) is 13.8 Å². The predicted octanol–water partition coefficient (Wildman–Crippen LogP) is 4.48. The van der Waals surface area contributed by atoms with Crippen LogP contribution in [0.15, 0.2) is 54.6 Å². The lowest BCUT2D eigenvalue weighted by molar-refractivity contribution is -0.135. The van der Waals surface area contributed by atoms with E-state index in [-0.39, 0.29) is 24.2 Å². The number of hydrogen-bond acceptors (Lipinski definition) is 3. The maximum absolute atomic E-state index is 12.9. The molecule has 2 aromatic rings. The van der Waals surface area contributed by atoms with Gasteiger partial charge in [-0.1, -0.05) is 44.2 Å². The SMILES string of the molecule is CCCN(CCC)C(=O)C1CC(=O)N(c2ccccc2Oc2ccccc2)C1. The summed E-state index contributed by atoms with van der Waals surface area (Å²) in [5, 5.41) is 0. The summed E-state index contributed by atoms with van der Waals surface area (Å²) in [5.74, 6) is 1.09. The minimum atomic E-state index is -0.296. The van der Waals surface area contributed by atoms with Gasteiger partial charge in [0.2, 0.25) is 11.8 Å². The summed E-state index contributed by atoms with van der Waals surface area (Å²) in [4.78, 5) is 29.3. The van der Waals surface area contributed by atoms with Gasteiger partial charge in [-0.2, -0.15) is 0 Å². The van der Waals surface area contributed by atoms with Crippen LogP contribution in [0, 0.1) is 5.92 Å². The third-order valence-corrected chi connectivity index (χ3v) is 4.90. The Bertz CT molecular complexity index is 801. The van der Waals surface area contributed by atoms with Gasteiger partial charge in [0, 0.05) is 26.1 Å². The number of anilines is 1. The van der Waals surface area contributed by atoms with E-state index >= 15 is 0 Å². The molecule has 1 unspecified atom stereocenters. The van der Waals surface area contributed by atoms with Crippen LogP contribution in [0.5, 0.6) is 11.5 Å². The number of para-hydroxylation sites is 3. The molecule has 5 nitrogen and oxygen atoms in total. The van der Waals surface area contributed by atoms with Gasteiger partial charge < -0.3 is 14.5 Å². The summed E-state index contributed by atoms with van der Waals surface area (Å²) in [5.41, 5.74) is 0.712. The molecule has 0 radical (unpaired) electrons. The van der Waals surface area contributed by atoms with Crippen LogP contribution in [0.25, 0.3) is 0 Å². The van der Waals surface area contributed by atoms with Crippen molar-refractivity contribution < 1.29 is 14.3 Å². The molecule has 0 saturated carbocycles. The van der Waals surface area contributed by atoms with Crippen molar-refractivity contribution in [2.75, 3.05) is 24.5 Å². The van der Waals surface area contributed by atoms with Gasteiger partial charge in [-0.15, -0.1) is 0 Å². The van der Waals surface area contributed by atoms with E-state index in [0.717, 1.165) is 25.9 Å². The van der Waals surface area contributed by atoms with Crippen LogP contribution in [-0.2, 0) is 9.59 Å². The van der Waals surface area contributed by atoms with Crippen LogP contribution in [0.3, 0.4) is 0 Å². The standard InChI is InChI=1S/C23H28N2O3/c1-3-14-24(15-4-2)23(27)18-16-22(26)25(17-18)20-12-8-9-13-21(20)28-19-10-6-5-7-11-19/h5-13,18H,3-4,14-17H2,1-2H3. The highest BCUT2D eigenvalue weighted by molar-refractivity contribution is 6.01. The number of amides is 2. The maximum Gasteiger partial charge on any atom is 0.228 e. The molecule has 1 heterocycles. The summed E-state index contributed by atoms with van der Waals surface area (Å²) in [6, 6.07) is 17.0. The van der Waals surface area contributed by atoms with Crippen molar-refractivity contribution in [3.05, 3.63) is 54.6 Å². The van der Waals surface area contributed by atoms with Crippen molar-refractivity contribution in [1.29, 1.82) is 0 Å². The molecule has 1 aliphatic rings.